The van der Waals surface area contributed by atoms with Crippen LogP contribution in [0.1, 0.15) is 31.2 Å². The van der Waals surface area contributed by atoms with Crippen LogP contribution in [0.5, 0.6) is 0 Å². The summed E-state index contributed by atoms with van der Waals surface area (Å²) in [5.74, 6) is 1.38. The van der Waals surface area contributed by atoms with Crippen molar-refractivity contribution in [3.05, 3.63) is 46.3 Å². The molecule has 0 radical (unpaired) electrons. The van der Waals surface area contributed by atoms with Crippen LogP contribution in [-0.2, 0) is 6.54 Å². The van der Waals surface area contributed by atoms with Crippen LogP contribution in [0.25, 0.3) is 0 Å². The van der Waals surface area contributed by atoms with Gasteiger partial charge in [0.05, 0.1) is 4.47 Å². The molecule has 0 aliphatic heterocycles. The van der Waals surface area contributed by atoms with E-state index in [0.29, 0.717) is 22.5 Å². The van der Waals surface area contributed by atoms with Crippen LogP contribution in [0.3, 0.4) is 0 Å². The average Bonchev–Trinajstić information content (AvgIpc) is 2.64. The molecule has 1 aliphatic rings. The Morgan fingerprint density at radius 2 is 1.88 bits per heavy atom. The maximum absolute atomic E-state index is 13.3. The topological polar surface area (TPSA) is 53.1 Å². The highest BCUT2D eigenvalue weighted by atomic mass is 79.9. The Bertz CT molecular complexity index is 732. The predicted octanol–water partition coefficient (Wildman–Crippen LogP) is 3.96. The number of anilines is 2. The van der Waals surface area contributed by atoms with Gasteiger partial charge in [0.1, 0.15) is 11.6 Å². The van der Waals surface area contributed by atoms with Gasteiger partial charge in [-0.05, 0) is 65.4 Å². The number of hydrogen-bond acceptors (Lipinski definition) is 5. The normalized spacial score (nSPS) is 20.0. The smallest absolute Gasteiger partial charge is 0.224 e. The molecule has 26 heavy (non-hydrogen) atoms. The Morgan fingerprint density at radius 3 is 2.58 bits per heavy atom. The number of rotatable bonds is 6. The molecule has 0 atom stereocenters. The van der Waals surface area contributed by atoms with E-state index in [4.69, 9.17) is 0 Å². The van der Waals surface area contributed by atoms with E-state index < -0.39 is 0 Å². The summed E-state index contributed by atoms with van der Waals surface area (Å²) in [6.07, 6.45) is 6.17. The Balaban J connectivity index is 1.45. The standard InChI is InChI=1S/C19H25BrFN5/c1-26(2)18-9-10-22-19(25-18)24-15-6-4-14(5-7-15)23-12-13-3-8-17(21)16(20)11-13/h3,8-11,14-15,23H,4-7,12H2,1-2H3,(H,22,24,25)/t14-,15+. The largest absolute Gasteiger partial charge is 0.363 e. The number of nitrogens with zero attached hydrogens (tertiary/aromatic N) is 3. The molecule has 2 N–H and O–H groups in total. The van der Waals surface area contributed by atoms with Crippen LogP contribution < -0.4 is 15.5 Å². The third-order valence-corrected chi connectivity index (χ3v) is 5.35. The third-order valence-electron chi connectivity index (χ3n) is 4.74. The van der Waals surface area contributed by atoms with E-state index in [-0.39, 0.29) is 5.82 Å². The molecule has 0 unspecified atom stereocenters. The van der Waals surface area contributed by atoms with E-state index in [0.717, 1.165) is 43.6 Å². The van der Waals surface area contributed by atoms with E-state index in [1.54, 1.807) is 6.20 Å². The van der Waals surface area contributed by atoms with Gasteiger partial charge in [-0.3, -0.25) is 0 Å². The fourth-order valence-electron chi connectivity index (χ4n) is 3.20. The quantitative estimate of drug-likeness (QED) is 0.738. The summed E-state index contributed by atoms with van der Waals surface area (Å²) in [5, 5.41) is 7.04. The molecular weight excluding hydrogens is 397 g/mol. The Kier molecular flexibility index (Phi) is 6.43. The zero-order valence-corrected chi connectivity index (χ0v) is 16.8. The number of halogens is 2. The van der Waals surface area contributed by atoms with Gasteiger partial charge in [-0.2, -0.15) is 4.98 Å². The Morgan fingerprint density at radius 1 is 1.15 bits per heavy atom. The van der Waals surface area contributed by atoms with Gasteiger partial charge in [-0.1, -0.05) is 6.07 Å². The minimum absolute atomic E-state index is 0.221. The van der Waals surface area contributed by atoms with Crippen molar-refractivity contribution in [3.8, 4) is 0 Å². The molecule has 1 heterocycles. The molecule has 1 aromatic carbocycles. The van der Waals surface area contributed by atoms with Gasteiger partial charge in [0.25, 0.3) is 0 Å². The predicted molar refractivity (Wildman–Crippen MR) is 107 cm³/mol. The van der Waals surface area contributed by atoms with Crippen LogP contribution in [0.15, 0.2) is 34.9 Å². The lowest BCUT2D eigenvalue weighted by Crippen LogP contribution is -2.36. The summed E-state index contributed by atoms with van der Waals surface area (Å²) in [4.78, 5) is 10.8. The maximum Gasteiger partial charge on any atom is 0.224 e. The summed E-state index contributed by atoms with van der Waals surface area (Å²) in [7, 11) is 3.95. The Hall–Kier alpha value is -1.73. The molecule has 5 nitrogen and oxygen atoms in total. The molecule has 1 aliphatic carbocycles. The van der Waals surface area contributed by atoms with E-state index in [9.17, 15) is 4.39 Å². The number of benzene rings is 1. The molecule has 1 saturated carbocycles. The molecule has 1 fully saturated rings. The molecule has 0 amide bonds. The van der Waals surface area contributed by atoms with Gasteiger partial charge in [0.15, 0.2) is 0 Å². The number of hydrogen-bond donors (Lipinski definition) is 2. The first-order valence-electron chi connectivity index (χ1n) is 8.95. The first-order valence-corrected chi connectivity index (χ1v) is 9.75. The van der Waals surface area contributed by atoms with E-state index in [1.165, 1.54) is 6.07 Å². The van der Waals surface area contributed by atoms with E-state index in [1.807, 2.05) is 37.2 Å². The van der Waals surface area contributed by atoms with E-state index >= 15 is 0 Å². The second kappa shape index (κ2) is 8.77. The van der Waals surface area contributed by atoms with Crippen LogP contribution in [-0.4, -0.2) is 36.1 Å². The zero-order valence-electron chi connectivity index (χ0n) is 15.2. The van der Waals surface area contributed by atoms with Crippen molar-refractivity contribution in [3.63, 3.8) is 0 Å². The highest BCUT2D eigenvalue weighted by molar-refractivity contribution is 9.10. The lowest BCUT2D eigenvalue weighted by Gasteiger charge is -2.30. The van der Waals surface area contributed by atoms with Gasteiger partial charge in [-0.25, -0.2) is 9.37 Å². The molecule has 0 bridgehead atoms. The van der Waals surface area contributed by atoms with E-state index in [2.05, 4.69) is 36.5 Å². The fraction of sp³-hybridized carbons (Fsp3) is 0.474. The molecule has 1 aromatic heterocycles. The summed E-state index contributed by atoms with van der Waals surface area (Å²) in [6.45, 7) is 0.760. The molecule has 3 rings (SSSR count). The minimum Gasteiger partial charge on any atom is -0.363 e. The molecule has 140 valence electrons. The monoisotopic (exact) mass is 421 g/mol. The van der Waals surface area contributed by atoms with Crippen molar-refractivity contribution < 1.29 is 4.39 Å². The summed E-state index contributed by atoms with van der Waals surface area (Å²) >= 11 is 3.24. The van der Waals surface area contributed by atoms with Gasteiger partial charge < -0.3 is 15.5 Å². The van der Waals surface area contributed by atoms with Gasteiger partial charge in [0.2, 0.25) is 5.95 Å². The Labute approximate surface area is 162 Å². The summed E-state index contributed by atoms with van der Waals surface area (Å²) in [6, 6.07) is 7.97. The van der Waals surface area contributed by atoms with Crippen molar-refractivity contribution in [2.24, 2.45) is 0 Å². The van der Waals surface area contributed by atoms with Crippen molar-refractivity contribution >= 4 is 27.7 Å². The molecular formula is C19H25BrFN5. The fourth-order valence-corrected chi connectivity index (χ4v) is 3.63. The zero-order chi connectivity index (χ0) is 18.5. The minimum atomic E-state index is -0.221. The first-order chi connectivity index (χ1) is 12.5. The third kappa shape index (κ3) is 5.14. The second-order valence-corrected chi connectivity index (χ2v) is 7.81. The van der Waals surface area contributed by atoms with Crippen LogP contribution in [0, 0.1) is 5.82 Å². The molecule has 0 spiro atoms. The number of aromatic nitrogens is 2. The van der Waals surface area contributed by atoms with Crippen LogP contribution in [0.2, 0.25) is 0 Å². The lowest BCUT2D eigenvalue weighted by molar-refractivity contribution is 0.352. The van der Waals surface area contributed by atoms with Crippen molar-refractivity contribution in [1.29, 1.82) is 0 Å². The van der Waals surface area contributed by atoms with Crippen LogP contribution >= 0.6 is 15.9 Å². The number of nitrogens with one attached hydrogen (secondary N) is 2. The highest BCUT2D eigenvalue weighted by Crippen LogP contribution is 2.23. The highest BCUT2D eigenvalue weighted by Gasteiger charge is 2.21. The first kappa shape index (κ1) is 19.0. The van der Waals surface area contributed by atoms with Gasteiger partial charge in [0, 0.05) is 38.9 Å². The molecule has 7 heteroatoms. The molecule has 2 aromatic rings. The summed E-state index contributed by atoms with van der Waals surface area (Å²) < 4.78 is 13.8. The van der Waals surface area contributed by atoms with Crippen molar-refractivity contribution in [1.82, 2.24) is 15.3 Å². The van der Waals surface area contributed by atoms with Crippen molar-refractivity contribution in [2.75, 3.05) is 24.3 Å². The van der Waals surface area contributed by atoms with Crippen molar-refractivity contribution in [2.45, 2.75) is 44.3 Å². The van der Waals surface area contributed by atoms with Crippen LogP contribution in [0.4, 0.5) is 16.2 Å². The SMILES string of the molecule is CN(C)c1ccnc(N[C@H]2CC[C@@H](NCc3ccc(F)c(Br)c3)CC2)n1. The van der Waals surface area contributed by atoms with Gasteiger partial charge >= 0.3 is 0 Å². The average molecular weight is 422 g/mol. The summed E-state index contributed by atoms with van der Waals surface area (Å²) in [5.41, 5.74) is 1.09. The lowest BCUT2D eigenvalue weighted by atomic mass is 9.91. The second-order valence-electron chi connectivity index (χ2n) is 6.96. The molecule has 0 saturated heterocycles. The maximum atomic E-state index is 13.3. The van der Waals surface area contributed by atoms with Gasteiger partial charge in [-0.15, -0.1) is 0 Å².